The van der Waals surface area contributed by atoms with Crippen molar-refractivity contribution in [3.63, 3.8) is 0 Å². The van der Waals surface area contributed by atoms with Crippen LogP contribution in [0.4, 0.5) is 0 Å². The van der Waals surface area contributed by atoms with Gasteiger partial charge in [0.05, 0.1) is 47.0 Å². The highest BCUT2D eigenvalue weighted by Crippen LogP contribution is 2.56. The summed E-state index contributed by atoms with van der Waals surface area (Å²) in [6.07, 6.45) is 10.3. The summed E-state index contributed by atoms with van der Waals surface area (Å²) in [5.41, 5.74) is 9.44. The summed E-state index contributed by atoms with van der Waals surface area (Å²) >= 11 is 8.41. The number of ether oxygens (including phenoxy) is 3. The first-order valence-electron chi connectivity index (χ1n) is 24.7. The largest absolute Gasteiger partial charge is 0.490 e. The average molecular weight is 955 g/mol. The number of hydrogen-bond donors (Lipinski definition) is 4. The Labute approximate surface area is 406 Å². The summed E-state index contributed by atoms with van der Waals surface area (Å²) in [5.74, 6) is 1.80. The number of likely N-dealkylation sites (tertiary alicyclic amines) is 1. The molecule has 4 N–H and O–H groups in total. The lowest BCUT2D eigenvalue weighted by Crippen LogP contribution is -2.75. The van der Waals surface area contributed by atoms with E-state index in [-0.39, 0.29) is 71.3 Å². The molecule has 6 aliphatic heterocycles. The molecule has 6 heterocycles. The normalized spacial score (nSPS) is 38.8. The van der Waals surface area contributed by atoms with Crippen LogP contribution < -0.4 is 31.0 Å². The fourth-order valence-corrected chi connectivity index (χ4v) is 15.5. The minimum Gasteiger partial charge on any atom is -0.490 e. The first-order chi connectivity index (χ1) is 32.0. The highest BCUT2D eigenvalue weighted by Gasteiger charge is 2.64. The number of halogens is 1. The zero-order valence-corrected chi connectivity index (χ0v) is 41.9. The van der Waals surface area contributed by atoms with Crippen LogP contribution in [-0.2, 0) is 9.53 Å². The monoisotopic (exact) mass is 953 g/mol. The number of rotatable bonds is 10. The lowest BCUT2D eigenvalue weighted by atomic mass is 9.49. The number of fused-ring (bicyclic) bond motifs is 3. The Balaban J connectivity index is 0.761. The number of nitrogens with zero attached hydrogens (tertiary/aromatic N) is 6. The fourth-order valence-electron chi connectivity index (χ4n) is 13.5. The van der Waals surface area contributed by atoms with Crippen LogP contribution in [0, 0.1) is 45.3 Å². The molecule has 12 atom stereocenters. The van der Waals surface area contributed by atoms with E-state index in [1.54, 1.807) is 18.2 Å². The molecule has 8 aliphatic rings. The van der Waals surface area contributed by atoms with Crippen LogP contribution in [0.25, 0.3) is 0 Å². The molecular weight excluding hydrogens is 884 g/mol. The summed E-state index contributed by atoms with van der Waals surface area (Å²) in [6.45, 7) is 19.1. The smallest absolute Gasteiger partial charge is 0.307 e. The zero-order chi connectivity index (χ0) is 47.0. The zero-order valence-electron chi connectivity index (χ0n) is 40.4. The van der Waals surface area contributed by atoms with Crippen molar-refractivity contribution in [2.75, 3.05) is 33.3 Å². The van der Waals surface area contributed by atoms with Crippen LogP contribution in [0.15, 0.2) is 52.4 Å². The summed E-state index contributed by atoms with van der Waals surface area (Å²) in [5, 5.41) is 17.4. The Morgan fingerprint density at radius 2 is 1.85 bits per heavy atom. The molecule has 2 aliphatic carbocycles. The number of thioether (sulfide) groups is 1. The maximum atomic E-state index is 13.9. The van der Waals surface area contributed by atoms with Crippen LogP contribution in [0.5, 0.6) is 11.5 Å². The van der Waals surface area contributed by atoms with Gasteiger partial charge in [-0.15, -0.1) is 11.8 Å². The Morgan fingerprint density at radius 3 is 2.57 bits per heavy atom. The van der Waals surface area contributed by atoms with E-state index in [2.05, 4.69) is 126 Å². The standard InChI is InChI=1S/C51H69ClN10O4S/c1-29-30(2)67-45-41(29)42(56-39(23-40-54-19-21-64-40)43-59-58-31(3)62(43)45)32-10-13-35(14-11-32)65-37-16-18-51(24-37)17-9-20-61(28-51)48-55-26-34(27-60(48)8)44(63)57-46-49(4,5)47(50(46,6)7)66-36-15-12-33(25-53)38(52)22-36/h10-15,22,26-27,29-31,34,37,39-41,43,45-48,54,58-59H,9,16-21,23-24,28H2,1-8H3/p+1/t29?,30?,31?,34?,37-,39-,40?,41?,43?,45?,46?,47?,48?,51?/m0/s1. The second-order valence-electron chi connectivity index (χ2n) is 22.0. The van der Waals surface area contributed by atoms with Gasteiger partial charge < -0.3 is 19.5 Å². The summed E-state index contributed by atoms with van der Waals surface area (Å²) in [4.78, 5) is 29.7. The van der Waals surface area contributed by atoms with Crippen molar-refractivity contribution in [1.82, 2.24) is 31.3 Å². The van der Waals surface area contributed by atoms with Crippen molar-refractivity contribution in [2.45, 2.75) is 147 Å². The Kier molecular flexibility index (Phi) is 12.9. The Morgan fingerprint density at radius 1 is 1.07 bits per heavy atom. The van der Waals surface area contributed by atoms with Gasteiger partial charge >= 0.3 is 6.29 Å². The summed E-state index contributed by atoms with van der Waals surface area (Å²) < 4.78 is 21.5. The first kappa shape index (κ1) is 47.1. The van der Waals surface area contributed by atoms with Crippen molar-refractivity contribution in [2.24, 2.45) is 44.0 Å². The molecule has 360 valence electrons. The molecule has 1 spiro atoms. The molecule has 0 bridgehead atoms. The molecule has 14 nitrogen and oxygen atoms in total. The minimum atomic E-state index is -0.472. The van der Waals surface area contributed by atoms with E-state index >= 15 is 0 Å². The van der Waals surface area contributed by atoms with E-state index in [1.807, 2.05) is 19.5 Å². The Bertz CT molecular complexity index is 2320. The summed E-state index contributed by atoms with van der Waals surface area (Å²) in [7, 11) is 2.05. The average Bonchev–Trinajstić information content (AvgIpc) is 4.09. The van der Waals surface area contributed by atoms with Gasteiger partial charge in [-0.25, -0.2) is 25.3 Å². The molecule has 0 aromatic heterocycles. The van der Waals surface area contributed by atoms with Crippen LogP contribution in [0.1, 0.15) is 98.1 Å². The SMILES string of the molecule is CC1SC2C(C(c3ccc(O[C@H]4CCC5(CCCN(C6N=CC(C(=O)NC7C(C)(C)C(Oc8ccc(C#N)c(Cl)c8)C7(C)C)C=[N+]6C)C5)C4)cc3)=N[C@@H](CC3NCCO3)C3NNC(C)N23)C1C. The predicted molar refractivity (Wildman–Crippen MR) is 264 cm³/mol. The number of nitriles is 1. The number of hydrazine groups is 1. The highest BCUT2D eigenvalue weighted by atomic mass is 35.5. The second kappa shape index (κ2) is 18.3. The Hall–Kier alpha value is -3.59. The molecule has 2 aromatic rings. The van der Waals surface area contributed by atoms with Crippen LogP contribution in [0.2, 0.25) is 5.02 Å². The minimum absolute atomic E-state index is 0.0118. The predicted octanol–water partition coefficient (Wildman–Crippen LogP) is 6.22. The van der Waals surface area contributed by atoms with Gasteiger partial charge in [0, 0.05) is 72.1 Å². The maximum Gasteiger partial charge on any atom is 0.307 e. The number of nitrogens with one attached hydrogen (secondary N) is 4. The topological polar surface area (TPSA) is 151 Å². The van der Waals surface area contributed by atoms with Crippen LogP contribution >= 0.6 is 23.4 Å². The summed E-state index contributed by atoms with van der Waals surface area (Å²) in [6, 6.07) is 16.0. The molecule has 6 fully saturated rings. The molecule has 10 rings (SSSR count). The van der Waals surface area contributed by atoms with Crippen LogP contribution in [-0.4, -0.2) is 131 Å². The number of carbonyl (C=O) groups excluding carboxylic acids is 1. The molecule has 16 heteroatoms. The van der Waals surface area contributed by atoms with Crippen molar-refractivity contribution in [3.8, 4) is 17.6 Å². The van der Waals surface area contributed by atoms with Gasteiger partial charge in [-0.2, -0.15) is 5.26 Å². The molecule has 2 aromatic carbocycles. The second-order valence-corrected chi connectivity index (χ2v) is 23.9. The van der Waals surface area contributed by atoms with Crippen molar-refractivity contribution >= 4 is 47.4 Å². The van der Waals surface area contributed by atoms with Gasteiger partial charge in [-0.05, 0) is 92.3 Å². The van der Waals surface area contributed by atoms with Crippen molar-refractivity contribution in [1.29, 1.82) is 5.26 Å². The molecule has 0 radical (unpaired) electrons. The molecule has 10 unspecified atom stereocenters. The third-order valence-corrected chi connectivity index (χ3v) is 18.7. The van der Waals surface area contributed by atoms with E-state index in [1.165, 1.54) is 17.7 Å². The number of piperidine rings is 1. The van der Waals surface area contributed by atoms with E-state index in [4.69, 9.17) is 35.8 Å². The number of amides is 1. The lowest BCUT2D eigenvalue weighted by molar-refractivity contribution is -0.563. The van der Waals surface area contributed by atoms with E-state index < -0.39 is 5.92 Å². The molecule has 1 amide bonds. The van der Waals surface area contributed by atoms with Gasteiger partial charge in [-0.3, -0.25) is 20.0 Å². The van der Waals surface area contributed by atoms with Gasteiger partial charge in [0.25, 0.3) is 0 Å². The van der Waals surface area contributed by atoms with E-state index in [9.17, 15) is 10.1 Å². The molecule has 67 heavy (non-hydrogen) atoms. The number of hydrogen-bond acceptors (Lipinski definition) is 13. The quantitative estimate of drug-likeness (QED) is 0.201. The molecule has 4 saturated heterocycles. The lowest BCUT2D eigenvalue weighted by Gasteiger charge is -2.63. The molecular formula is C51H70ClN10O4S+. The highest BCUT2D eigenvalue weighted by molar-refractivity contribution is 8.00. The van der Waals surface area contributed by atoms with Crippen LogP contribution in [0.3, 0.4) is 0 Å². The van der Waals surface area contributed by atoms with Gasteiger partial charge in [-0.1, -0.05) is 53.1 Å². The van der Waals surface area contributed by atoms with E-state index in [0.717, 1.165) is 64.1 Å². The van der Waals surface area contributed by atoms with Gasteiger partial charge in [0.15, 0.2) is 6.21 Å². The molecule has 2 saturated carbocycles. The van der Waals surface area contributed by atoms with Crippen molar-refractivity contribution < 1.29 is 23.6 Å². The number of aliphatic imine (C=N–C) groups is 2. The first-order valence-corrected chi connectivity index (χ1v) is 26.0. The fraction of sp³-hybridized carbons (Fsp3) is 0.667. The maximum absolute atomic E-state index is 13.9. The number of benzene rings is 2. The van der Waals surface area contributed by atoms with E-state index in [0.29, 0.717) is 38.8 Å². The van der Waals surface area contributed by atoms with Gasteiger partial charge in [0.2, 0.25) is 5.91 Å². The number of carbonyl (C=O) groups is 1. The van der Waals surface area contributed by atoms with Gasteiger partial charge in [0.1, 0.15) is 42.9 Å². The van der Waals surface area contributed by atoms with Crippen molar-refractivity contribution in [3.05, 3.63) is 58.6 Å². The third-order valence-electron chi connectivity index (χ3n) is 16.7. The third kappa shape index (κ3) is 8.74.